The fourth-order valence-corrected chi connectivity index (χ4v) is 4.33. The topological polar surface area (TPSA) is 18.5 Å². The Bertz CT molecular complexity index is 386. The lowest BCUT2D eigenvalue weighted by Crippen LogP contribution is -2.35. The lowest BCUT2D eigenvalue weighted by atomic mass is 9.69. The van der Waals surface area contributed by atoms with E-state index in [1.54, 1.807) is 30.9 Å². The van der Waals surface area contributed by atoms with Crippen LogP contribution in [0.15, 0.2) is 22.8 Å². The summed E-state index contributed by atoms with van der Waals surface area (Å²) in [6.07, 6.45) is 5.97. The van der Waals surface area contributed by atoms with Crippen LogP contribution in [0, 0.1) is 17.3 Å². The molecule has 2 rings (SSSR count). The Morgan fingerprint density at radius 3 is 2.37 bits per heavy atom. The van der Waals surface area contributed by atoms with Crippen LogP contribution in [0.1, 0.15) is 40.0 Å². The van der Waals surface area contributed by atoms with Crippen LogP contribution in [-0.4, -0.2) is 27.4 Å². The Morgan fingerprint density at radius 2 is 1.84 bits per heavy atom. The summed E-state index contributed by atoms with van der Waals surface area (Å²) in [5.74, 6) is 1.42. The molecular formula is C17H28O2. The molecule has 0 aromatic rings. The van der Waals surface area contributed by atoms with Crippen molar-refractivity contribution >= 4 is 0 Å². The van der Waals surface area contributed by atoms with Gasteiger partial charge in [-0.1, -0.05) is 25.5 Å². The number of rotatable bonds is 5. The summed E-state index contributed by atoms with van der Waals surface area (Å²) in [6, 6.07) is 0. The number of methoxy groups -OCH3 is 2. The number of fused-ring (bicyclic) bond motifs is 1. The average molecular weight is 264 g/mol. The summed E-state index contributed by atoms with van der Waals surface area (Å²) >= 11 is 0. The van der Waals surface area contributed by atoms with Gasteiger partial charge in [0.25, 0.3) is 0 Å². The van der Waals surface area contributed by atoms with Crippen molar-refractivity contribution in [1.29, 1.82) is 0 Å². The first-order valence-corrected chi connectivity index (χ1v) is 7.45. The van der Waals surface area contributed by atoms with Gasteiger partial charge in [-0.2, -0.15) is 0 Å². The Kier molecular flexibility index (Phi) is 4.52. The Morgan fingerprint density at radius 1 is 1.21 bits per heavy atom. The minimum absolute atomic E-state index is 0.144. The molecule has 0 aromatic heterocycles. The highest BCUT2D eigenvalue weighted by Gasteiger charge is 2.41. The van der Waals surface area contributed by atoms with Crippen LogP contribution in [0.3, 0.4) is 0 Å². The third-order valence-electron chi connectivity index (χ3n) is 4.82. The Balaban J connectivity index is 2.33. The molecule has 0 aliphatic heterocycles. The molecule has 0 radical (unpaired) electrons. The molecule has 0 N–H and O–H groups in total. The summed E-state index contributed by atoms with van der Waals surface area (Å²) in [6.45, 7) is 8.55. The van der Waals surface area contributed by atoms with Gasteiger partial charge in [-0.15, -0.1) is 0 Å². The molecule has 0 fully saturated rings. The van der Waals surface area contributed by atoms with Crippen LogP contribution < -0.4 is 0 Å². The maximum absolute atomic E-state index is 5.48. The van der Waals surface area contributed by atoms with Gasteiger partial charge in [-0.25, -0.2) is 0 Å². The molecule has 19 heavy (non-hydrogen) atoms. The number of hydrogen-bond acceptors (Lipinski definition) is 2. The van der Waals surface area contributed by atoms with E-state index in [-0.39, 0.29) is 5.41 Å². The van der Waals surface area contributed by atoms with E-state index in [1.165, 1.54) is 6.42 Å². The first kappa shape index (κ1) is 14.8. The Labute approximate surface area is 117 Å². The lowest BCUT2D eigenvalue weighted by molar-refractivity contribution is 0.00812. The van der Waals surface area contributed by atoms with Gasteiger partial charge >= 0.3 is 0 Å². The fraction of sp³-hybridized carbons (Fsp3) is 0.765. The summed E-state index contributed by atoms with van der Waals surface area (Å²) < 4.78 is 11.0. The van der Waals surface area contributed by atoms with E-state index in [0.717, 1.165) is 32.0 Å². The van der Waals surface area contributed by atoms with Gasteiger partial charge in [-0.05, 0) is 49.2 Å². The zero-order valence-electron chi connectivity index (χ0n) is 13.1. The maximum Gasteiger partial charge on any atom is 0.0547 e. The molecule has 2 aliphatic rings. The second-order valence-corrected chi connectivity index (χ2v) is 6.48. The molecular weight excluding hydrogens is 236 g/mol. The SMILES string of the molecule is CC[C@@H]1C2=C(C)CC(COC)(COC)CC2=CC1C. The van der Waals surface area contributed by atoms with Crippen LogP contribution in [0.4, 0.5) is 0 Å². The number of ether oxygens (including phenoxy) is 2. The highest BCUT2D eigenvalue weighted by Crippen LogP contribution is 2.51. The molecule has 2 heteroatoms. The Hall–Kier alpha value is -0.600. The molecule has 2 atom stereocenters. The van der Waals surface area contributed by atoms with Crippen molar-refractivity contribution in [2.24, 2.45) is 17.3 Å². The quantitative estimate of drug-likeness (QED) is 0.748. The van der Waals surface area contributed by atoms with Gasteiger partial charge in [-0.3, -0.25) is 0 Å². The van der Waals surface area contributed by atoms with Crippen LogP contribution in [-0.2, 0) is 9.47 Å². The third-order valence-corrected chi connectivity index (χ3v) is 4.82. The van der Waals surface area contributed by atoms with E-state index < -0.39 is 0 Å². The summed E-state index contributed by atoms with van der Waals surface area (Å²) in [5, 5.41) is 0. The van der Waals surface area contributed by atoms with Crippen molar-refractivity contribution in [2.75, 3.05) is 27.4 Å². The van der Waals surface area contributed by atoms with Crippen LogP contribution in [0.5, 0.6) is 0 Å². The predicted molar refractivity (Wildman–Crippen MR) is 79.1 cm³/mol. The summed E-state index contributed by atoms with van der Waals surface area (Å²) in [4.78, 5) is 0. The average Bonchev–Trinajstić information content (AvgIpc) is 2.65. The molecule has 0 spiro atoms. The van der Waals surface area contributed by atoms with Crippen molar-refractivity contribution in [2.45, 2.75) is 40.0 Å². The molecule has 0 bridgehead atoms. The van der Waals surface area contributed by atoms with Crippen molar-refractivity contribution < 1.29 is 9.47 Å². The highest BCUT2D eigenvalue weighted by atomic mass is 16.5. The van der Waals surface area contributed by atoms with Crippen molar-refractivity contribution in [1.82, 2.24) is 0 Å². The zero-order valence-corrected chi connectivity index (χ0v) is 13.1. The fourth-order valence-electron chi connectivity index (χ4n) is 4.33. The number of allylic oxidation sites excluding steroid dienone is 4. The predicted octanol–water partition coefficient (Wildman–Crippen LogP) is 3.98. The highest BCUT2D eigenvalue weighted by molar-refractivity contribution is 5.46. The minimum atomic E-state index is 0.144. The van der Waals surface area contributed by atoms with E-state index >= 15 is 0 Å². The molecule has 0 aromatic carbocycles. The summed E-state index contributed by atoms with van der Waals surface area (Å²) in [5.41, 5.74) is 4.92. The molecule has 1 unspecified atom stereocenters. The second kappa shape index (κ2) is 5.80. The standard InChI is InChI=1S/C17H28O2/c1-6-15-12(2)7-14-9-17(10-18-4,11-19-5)8-13(3)16(14)15/h7,12,15H,6,8-11H2,1-5H3/t12?,15-/m0/s1. The van der Waals surface area contributed by atoms with E-state index in [9.17, 15) is 0 Å². The summed E-state index contributed by atoms with van der Waals surface area (Å²) in [7, 11) is 3.60. The monoisotopic (exact) mass is 264 g/mol. The minimum Gasteiger partial charge on any atom is -0.384 e. The van der Waals surface area contributed by atoms with Gasteiger partial charge in [0.15, 0.2) is 0 Å². The molecule has 0 saturated carbocycles. The lowest BCUT2D eigenvalue weighted by Gasteiger charge is -2.39. The van der Waals surface area contributed by atoms with Crippen LogP contribution in [0.2, 0.25) is 0 Å². The smallest absolute Gasteiger partial charge is 0.0547 e. The zero-order chi connectivity index (χ0) is 14.0. The molecule has 0 heterocycles. The molecule has 0 amide bonds. The van der Waals surface area contributed by atoms with Crippen molar-refractivity contribution in [3.8, 4) is 0 Å². The molecule has 2 aliphatic carbocycles. The van der Waals surface area contributed by atoms with Crippen LogP contribution >= 0.6 is 0 Å². The normalized spacial score (nSPS) is 29.4. The van der Waals surface area contributed by atoms with Crippen molar-refractivity contribution in [3.05, 3.63) is 22.8 Å². The second-order valence-electron chi connectivity index (χ2n) is 6.48. The van der Waals surface area contributed by atoms with Crippen molar-refractivity contribution in [3.63, 3.8) is 0 Å². The molecule has 2 nitrogen and oxygen atoms in total. The van der Waals surface area contributed by atoms with E-state index in [1.807, 2.05) is 0 Å². The van der Waals surface area contributed by atoms with E-state index in [4.69, 9.17) is 9.47 Å². The largest absolute Gasteiger partial charge is 0.384 e. The molecule has 0 saturated heterocycles. The van der Waals surface area contributed by atoms with Crippen LogP contribution in [0.25, 0.3) is 0 Å². The first-order valence-electron chi connectivity index (χ1n) is 7.45. The van der Waals surface area contributed by atoms with Gasteiger partial charge < -0.3 is 9.47 Å². The molecule has 108 valence electrons. The van der Waals surface area contributed by atoms with Gasteiger partial charge in [0.2, 0.25) is 0 Å². The van der Waals surface area contributed by atoms with E-state index in [2.05, 4.69) is 26.8 Å². The van der Waals surface area contributed by atoms with Gasteiger partial charge in [0, 0.05) is 19.6 Å². The first-order chi connectivity index (χ1) is 9.06. The number of hydrogen-bond donors (Lipinski definition) is 0. The van der Waals surface area contributed by atoms with Gasteiger partial charge in [0.05, 0.1) is 13.2 Å². The van der Waals surface area contributed by atoms with E-state index in [0.29, 0.717) is 5.92 Å². The third kappa shape index (κ3) is 2.66. The van der Waals surface area contributed by atoms with Gasteiger partial charge in [0.1, 0.15) is 0 Å². The maximum atomic E-state index is 5.48.